The van der Waals surface area contributed by atoms with Gasteiger partial charge in [0.1, 0.15) is 6.61 Å². The molecule has 7 nitrogen and oxygen atoms in total. The lowest BCUT2D eigenvalue weighted by molar-refractivity contribution is -0.275. The van der Waals surface area contributed by atoms with Crippen LogP contribution in [-0.2, 0) is 14.9 Å². The minimum atomic E-state index is -5.03. The number of carbonyl (C=O) groups excluding carboxylic acids is 1. The summed E-state index contributed by atoms with van der Waals surface area (Å²) in [6.45, 7) is 2.56. The van der Waals surface area contributed by atoms with Gasteiger partial charge in [-0.2, -0.15) is 0 Å². The maximum absolute atomic E-state index is 12.9. The third kappa shape index (κ3) is 9.03. The summed E-state index contributed by atoms with van der Waals surface area (Å²) in [6.07, 6.45) is -4.75. The molecule has 0 amide bonds. The summed E-state index contributed by atoms with van der Waals surface area (Å²) in [5.41, 5.74) is -0.825. The number of benzene rings is 2. The average Bonchev–Trinajstić information content (AvgIpc) is 2.72. The van der Waals surface area contributed by atoms with Crippen LogP contribution in [0.15, 0.2) is 48.5 Å². The second-order valence-electron chi connectivity index (χ2n) is 6.91. The van der Waals surface area contributed by atoms with Crippen LogP contribution in [0.5, 0.6) is 11.5 Å². The molecular formula is C22H20F3O7S-. The van der Waals surface area contributed by atoms with Crippen LogP contribution in [0.25, 0.3) is 0 Å². The highest BCUT2D eigenvalue weighted by atomic mass is 32.2. The van der Waals surface area contributed by atoms with Gasteiger partial charge in [0, 0.05) is 5.56 Å². The van der Waals surface area contributed by atoms with E-state index in [9.17, 15) is 30.9 Å². The topological polar surface area (TPSA) is 102 Å². The average molecular weight is 485 g/mol. The predicted octanol–water partition coefficient (Wildman–Crippen LogP) is 3.89. The molecule has 0 heterocycles. The molecule has 0 aliphatic heterocycles. The normalized spacial score (nSPS) is 13.3. The summed E-state index contributed by atoms with van der Waals surface area (Å²) < 4.78 is 84.9. The van der Waals surface area contributed by atoms with E-state index in [1.54, 1.807) is 44.2 Å². The molecule has 33 heavy (non-hydrogen) atoms. The second-order valence-corrected chi connectivity index (χ2v) is 8.43. The Hall–Kier alpha value is -3.23. The van der Waals surface area contributed by atoms with Gasteiger partial charge in [0.15, 0.2) is 17.1 Å². The number of halogens is 3. The van der Waals surface area contributed by atoms with E-state index in [0.29, 0.717) is 5.56 Å². The molecule has 0 N–H and O–H groups in total. The Labute approximate surface area is 189 Å². The lowest BCUT2D eigenvalue weighted by atomic mass is 10.0. The molecule has 0 radical (unpaired) electrons. The summed E-state index contributed by atoms with van der Waals surface area (Å²) in [6, 6.07) is 11.7. The first-order valence-corrected chi connectivity index (χ1v) is 11.2. The van der Waals surface area contributed by atoms with Gasteiger partial charge in [0.05, 0.1) is 21.4 Å². The quantitative estimate of drug-likeness (QED) is 0.318. The molecule has 2 aromatic carbocycles. The molecule has 0 spiro atoms. The number of alkyl halides is 3. The van der Waals surface area contributed by atoms with Crippen molar-refractivity contribution in [2.24, 2.45) is 0 Å². The maximum Gasteiger partial charge on any atom is 0.573 e. The number of carbonyl (C=O) groups is 1. The Morgan fingerprint density at radius 3 is 2.30 bits per heavy atom. The maximum atomic E-state index is 12.9. The van der Waals surface area contributed by atoms with Gasteiger partial charge >= 0.3 is 12.3 Å². The Bertz CT molecular complexity index is 1140. The molecule has 2 aromatic rings. The lowest BCUT2D eigenvalue weighted by Crippen LogP contribution is -2.30. The van der Waals surface area contributed by atoms with Crippen LogP contribution in [0.3, 0.4) is 0 Å². The van der Waals surface area contributed by atoms with Crippen LogP contribution in [0.1, 0.15) is 36.2 Å². The summed E-state index contributed by atoms with van der Waals surface area (Å²) in [5, 5.41) is 0. The molecule has 1 unspecified atom stereocenters. The number of rotatable bonds is 8. The van der Waals surface area contributed by atoms with E-state index in [-0.39, 0.29) is 12.0 Å². The van der Waals surface area contributed by atoms with Gasteiger partial charge < -0.3 is 18.8 Å². The molecule has 0 aliphatic carbocycles. The first kappa shape index (κ1) is 26.0. The van der Waals surface area contributed by atoms with Gasteiger partial charge in [-0.05, 0) is 43.7 Å². The van der Waals surface area contributed by atoms with Gasteiger partial charge in [0.2, 0.25) is 0 Å². The number of hydrogen-bond acceptors (Lipinski definition) is 7. The standard InChI is InChI=1S/C22H21F3O7S/c1-3-21(2,12-11-16-7-5-4-6-8-16)31-19-15-17(9-10-18(19)32-22(23,24)25)20(26)30-13-14-33(27,28)29/h4-10,15H,3,13-14H2,1-2H3,(H,27,28,29)/p-1. The molecule has 11 heteroatoms. The highest BCUT2D eigenvalue weighted by Crippen LogP contribution is 2.36. The van der Waals surface area contributed by atoms with E-state index in [4.69, 9.17) is 9.47 Å². The number of ether oxygens (including phenoxy) is 3. The van der Waals surface area contributed by atoms with Crippen molar-refractivity contribution in [2.45, 2.75) is 32.2 Å². The first-order chi connectivity index (χ1) is 15.3. The van der Waals surface area contributed by atoms with Gasteiger partial charge in [-0.15, -0.1) is 13.2 Å². The second kappa shape index (κ2) is 10.6. The highest BCUT2D eigenvalue weighted by molar-refractivity contribution is 7.85. The highest BCUT2D eigenvalue weighted by Gasteiger charge is 2.34. The molecule has 0 bridgehead atoms. The molecule has 0 saturated heterocycles. The van der Waals surface area contributed by atoms with Crippen molar-refractivity contribution in [3.63, 3.8) is 0 Å². The van der Waals surface area contributed by atoms with Crippen LogP contribution in [0.2, 0.25) is 0 Å². The predicted molar refractivity (Wildman–Crippen MR) is 111 cm³/mol. The molecule has 0 aromatic heterocycles. The van der Waals surface area contributed by atoms with Crippen molar-refractivity contribution in [3.8, 4) is 23.3 Å². The SMILES string of the molecule is CCC(C)(C#Cc1ccccc1)Oc1cc(C(=O)OCCS(=O)(=O)[O-])ccc1OC(F)(F)F. The minimum absolute atomic E-state index is 0.239. The van der Waals surface area contributed by atoms with Crippen molar-refractivity contribution in [1.29, 1.82) is 0 Å². The van der Waals surface area contributed by atoms with E-state index in [1.807, 2.05) is 0 Å². The third-order valence-electron chi connectivity index (χ3n) is 4.23. The van der Waals surface area contributed by atoms with Crippen molar-refractivity contribution in [2.75, 3.05) is 12.4 Å². The van der Waals surface area contributed by atoms with Crippen molar-refractivity contribution in [3.05, 3.63) is 59.7 Å². The van der Waals surface area contributed by atoms with Gasteiger partial charge in [0.25, 0.3) is 0 Å². The van der Waals surface area contributed by atoms with Crippen molar-refractivity contribution in [1.82, 2.24) is 0 Å². The third-order valence-corrected chi connectivity index (χ3v) is 4.89. The molecule has 1 atom stereocenters. The Kier molecular flexibility index (Phi) is 8.35. The monoisotopic (exact) mass is 485 g/mol. The van der Waals surface area contributed by atoms with Crippen LogP contribution < -0.4 is 9.47 Å². The van der Waals surface area contributed by atoms with E-state index in [2.05, 4.69) is 16.6 Å². The molecule has 0 fully saturated rings. The summed E-state index contributed by atoms with van der Waals surface area (Å²) in [7, 11) is -4.61. The summed E-state index contributed by atoms with van der Waals surface area (Å²) in [5.74, 6) is 2.63. The van der Waals surface area contributed by atoms with Crippen LogP contribution in [0, 0.1) is 11.8 Å². The molecule has 0 saturated carbocycles. The molecular weight excluding hydrogens is 465 g/mol. The largest absolute Gasteiger partial charge is 0.748 e. The Balaban J connectivity index is 2.35. The lowest BCUT2D eigenvalue weighted by Gasteiger charge is -2.26. The van der Waals surface area contributed by atoms with Crippen molar-refractivity contribution < 1.29 is 45.1 Å². The molecule has 2 rings (SSSR count). The fourth-order valence-electron chi connectivity index (χ4n) is 2.40. The van der Waals surface area contributed by atoms with E-state index in [1.165, 1.54) is 0 Å². The first-order valence-electron chi connectivity index (χ1n) is 9.58. The smallest absolute Gasteiger partial charge is 0.573 e. The van der Waals surface area contributed by atoms with Crippen LogP contribution in [0.4, 0.5) is 13.2 Å². The van der Waals surface area contributed by atoms with Gasteiger partial charge in [-0.25, -0.2) is 13.2 Å². The van der Waals surface area contributed by atoms with E-state index in [0.717, 1.165) is 18.2 Å². The fraction of sp³-hybridized carbons (Fsp3) is 0.318. The van der Waals surface area contributed by atoms with Gasteiger partial charge in [-0.3, -0.25) is 0 Å². The summed E-state index contributed by atoms with van der Waals surface area (Å²) in [4.78, 5) is 12.2. The molecule has 178 valence electrons. The Morgan fingerprint density at radius 2 is 1.73 bits per heavy atom. The summed E-state index contributed by atoms with van der Waals surface area (Å²) >= 11 is 0. The van der Waals surface area contributed by atoms with Crippen LogP contribution >= 0.6 is 0 Å². The van der Waals surface area contributed by atoms with Crippen molar-refractivity contribution >= 4 is 16.1 Å². The minimum Gasteiger partial charge on any atom is -0.748 e. The van der Waals surface area contributed by atoms with E-state index < -0.39 is 51.9 Å². The zero-order valence-electron chi connectivity index (χ0n) is 17.6. The molecule has 0 aliphatic rings. The van der Waals surface area contributed by atoms with Crippen LogP contribution in [-0.4, -0.2) is 43.3 Å². The zero-order valence-corrected chi connectivity index (χ0v) is 18.5. The Morgan fingerprint density at radius 1 is 1.06 bits per heavy atom. The zero-order chi connectivity index (χ0) is 24.7. The number of hydrogen-bond donors (Lipinski definition) is 0. The van der Waals surface area contributed by atoms with Gasteiger partial charge in [-0.1, -0.05) is 37.0 Å². The van der Waals surface area contributed by atoms with E-state index >= 15 is 0 Å². The fourth-order valence-corrected chi connectivity index (χ4v) is 2.69. The number of esters is 1.